The highest BCUT2D eigenvalue weighted by atomic mass is 32.1. The third kappa shape index (κ3) is 4.74. The Balaban J connectivity index is 1.84. The topological polar surface area (TPSA) is 138 Å². The highest BCUT2D eigenvalue weighted by molar-refractivity contribution is 7.14. The molecule has 0 aliphatic heterocycles. The number of carboxylic acids is 1. The van der Waals surface area contributed by atoms with Gasteiger partial charge >= 0.3 is 5.97 Å². The molecule has 0 aliphatic rings. The van der Waals surface area contributed by atoms with Crippen LogP contribution in [0.5, 0.6) is 0 Å². The molecule has 30 heavy (non-hydrogen) atoms. The minimum absolute atomic E-state index is 0.0544. The number of nitrogens with zero attached hydrogens (tertiary/aromatic N) is 1. The Hall–Kier alpha value is -3.04. The summed E-state index contributed by atoms with van der Waals surface area (Å²) in [5.41, 5.74) is 7.69. The maximum Gasteiger partial charge on any atom is 0.352 e. The maximum absolute atomic E-state index is 12.7. The summed E-state index contributed by atoms with van der Waals surface area (Å²) in [5, 5.41) is 14.8. The van der Waals surface area contributed by atoms with Crippen LogP contribution in [0.1, 0.15) is 63.6 Å². The molecule has 0 aliphatic carbocycles. The number of fused-ring (bicyclic) bond motifs is 1. The first-order valence-electron chi connectivity index (χ1n) is 9.68. The molecular formula is C21H24N4O4S. The van der Waals surface area contributed by atoms with Crippen LogP contribution in [-0.4, -0.2) is 39.3 Å². The largest absolute Gasteiger partial charge is 0.477 e. The Morgan fingerprint density at radius 3 is 2.73 bits per heavy atom. The molecule has 0 saturated heterocycles. The van der Waals surface area contributed by atoms with Crippen LogP contribution in [0.3, 0.4) is 0 Å². The number of hydrogen-bond donors (Lipinski definition) is 4. The average Bonchev–Trinajstić information content (AvgIpc) is 3.30. The number of thiazole rings is 1. The number of H-pyrrole nitrogens is 1. The molecule has 0 saturated carbocycles. The fraction of sp³-hybridized carbons (Fsp3) is 0.333. The number of nitrogens with two attached hydrogens (primary N) is 1. The van der Waals surface area contributed by atoms with Crippen LogP contribution in [0.2, 0.25) is 0 Å². The molecule has 5 N–H and O–H groups in total. The van der Waals surface area contributed by atoms with E-state index in [-0.39, 0.29) is 23.3 Å². The molecule has 0 bridgehead atoms. The molecule has 0 unspecified atom stereocenters. The van der Waals surface area contributed by atoms with Gasteiger partial charge in [-0.2, -0.15) is 0 Å². The summed E-state index contributed by atoms with van der Waals surface area (Å²) in [5.74, 6) is -1.25. The van der Waals surface area contributed by atoms with E-state index in [1.54, 1.807) is 23.6 Å². The van der Waals surface area contributed by atoms with Crippen molar-refractivity contribution >= 4 is 45.0 Å². The van der Waals surface area contributed by atoms with Crippen LogP contribution < -0.4 is 11.1 Å². The minimum Gasteiger partial charge on any atom is -0.477 e. The van der Waals surface area contributed by atoms with E-state index in [4.69, 9.17) is 5.73 Å². The van der Waals surface area contributed by atoms with Gasteiger partial charge in [-0.3, -0.25) is 14.9 Å². The van der Waals surface area contributed by atoms with E-state index in [1.165, 1.54) is 11.3 Å². The molecule has 8 nitrogen and oxygen atoms in total. The fourth-order valence-corrected chi connectivity index (χ4v) is 3.92. The monoisotopic (exact) mass is 428 g/mol. The van der Waals surface area contributed by atoms with Crippen LogP contribution in [0, 0.1) is 5.92 Å². The van der Waals surface area contributed by atoms with Gasteiger partial charge in [0.25, 0.3) is 5.91 Å². The standard InChI is InChI=1S/C21H24N4O4S/c1-11(2)8-17(26)16-10-30-21(24-16)25-19(27)12-5-6-15-14(9-12)13(4-3-7-22)18(23-15)20(28)29/h5-6,9-11,23H,3-4,7-8,22H2,1-2H3,(H,28,29)(H,24,25,27). The van der Waals surface area contributed by atoms with Gasteiger partial charge < -0.3 is 15.8 Å². The van der Waals surface area contributed by atoms with Crippen molar-refractivity contribution in [2.75, 3.05) is 11.9 Å². The second kappa shape index (κ2) is 9.19. The number of benzene rings is 1. The summed E-state index contributed by atoms with van der Waals surface area (Å²) in [6.45, 7) is 4.36. The molecule has 0 fully saturated rings. The average molecular weight is 429 g/mol. The van der Waals surface area contributed by atoms with Gasteiger partial charge in [0.05, 0.1) is 0 Å². The number of carbonyl (C=O) groups excluding carboxylic acids is 2. The van der Waals surface area contributed by atoms with Gasteiger partial charge in [0.1, 0.15) is 11.4 Å². The van der Waals surface area contributed by atoms with Crippen molar-refractivity contribution in [2.24, 2.45) is 11.7 Å². The van der Waals surface area contributed by atoms with Gasteiger partial charge in [-0.25, -0.2) is 9.78 Å². The second-order valence-corrected chi connectivity index (χ2v) is 8.31. The third-order valence-electron chi connectivity index (χ3n) is 4.62. The molecule has 3 rings (SSSR count). The van der Waals surface area contributed by atoms with Crippen LogP contribution in [0.4, 0.5) is 5.13 Å². The molecular weight excluding hydrogens is 404 g/mol. The van der Waals surface area contributed by atoms with E-state index in [9.17, 15) is 19.5 Å². The van der Waals surface area contributed by atoms with E-state index in [1.807, 2.05) is 13.8 Å². The zero-order valence-electron chi connectivity index (χ0n) is 16.8. The predicted molar refractivity (Wildman–Crippen MR) is 116 cm³/mol. The molecule has 1 aromatic carbocycles. The van der Waals surface area contributed by atoms with Crippen LogP contribution in [0.15, 0.2) is 23.6 Å². The van der Waals surface area contributed by atoms with Crippen LogP contribution in [-0.2, 0) is 6.42 Å². The number of aromatic nitrogens is 2. The van der Waals surface area contributed by atoms with Crippen molar-refractivity contribution in [3.63, 3.8) is 0 Å². The number of aromatic amines is 1. The van der Waals surface area contributed by atoms with E-state index in [0.717, 1.165) is 0 Å². The van der Waals surface area contributed by atoms with E-state index < -0.39 is 5.97 Å². The lowest BCUT2D eigenvalue weighted by molar-refractivity contribution is 0.0689. The number of amides is 1. The van der Waals surface area contributed by atoms with Crippen molar-refractivity contribution in [2.45, 2.75) is 33.1 Å². The summed E-state index contributed by atoms with van der Waals surface area (Å²) >= 11 is 1.19. The highest BCUT2D eigenvalue weighted by Crippen LogP contribution is 2.26. The van der Waals surface area contributed by atoms with Crippen molar-refractivity contribution in [3.05, 3.63) is 46.1 Å². The number of carbonyl (C=O) groups is 3. The summed E-state index contributed by atoms with van der Waals surface area (Å²) in [6.07, 6.45) is 1.53. The summed E-state index contributed by atoms with van der Waals surface area (Å²) in [7, 11) is 0. The molecule has 158 valence electrons. The van der Waals surface area contributed by atoms with E-state index >= 15 is 0 Å². The van der Waals surface area contributed by atoms with Gasteiger partial charge in [-0.05, 0) is 49.1 Å². The number of hydrogen-bond acceptors (Lipinski definition) is 6. The zero-order chi connectivity index (χ0) is 21.8. The van der Waals surface area contributed by atoms with Crippen molar-refractivity contribution in [1.82, 2.24) is 9.97 Å². The summed E-state index contributed by atoms with van der Waals surface area (Å²) in [6, 6.07) is 4.96. The van der Waals surface area contributed by atoms with Crippen molar-refractivity contribution in [3.8, 4) is 0 Å². The smallest absolute Gasteiger partial charge is 0.352 e. The number of Topliss-reactive ketones (excluding diaryl/α,β-unsaturated/α-hetero) is 1. The zero-order valence-corrected chi connectivity index (χ0v) is 17.6. The number of ketones is 1. The normalized spacial score (nSPS) is 11.2. The van der Waals surface area contributed by atoms with E-state index in [0.29, 0.717) is 58.7 Å². The number of anilines is 1. The van der Waals surface area contributed by atoms with Crippen LogP contribution >= 0.6 is 11.3 Å². The molecule has 3 aromatic rings. The van der Waals surface area contributed by atoms with Crippen LogP contribution in [0.25, 0.3) is 10.9 Å². The lowest BCUT2D eigenvalue weighted by Crippen LogP contribution is -2.12. The Bertz CT molecular complexity index is 1100. The van der Waals surface area contributed by atoms with E-state index in [2.05, 4.69) is 15.3 Å². The molecule has 9 heteroatoms. The molecule has 1 amide bonds. The van der Waals surface area contributed by atoms with Gasteiger partial charge in [0.15, 0.2) is 10.9 Å². The first kappa shape index (κ1) is 21.7. The second-order valence-electron chi connectivity index (χ2n) is 7.45. The number of carboxylic acid groups (broad SMARTS) is 1. The summed E-state index contributed by atoms with van der Waals surface area (Å²) < 4.78 is 0. The summed E-state index contributed by atoms with van der Waals surface area (Å²) in [4.78, 5) is 43.5. The lowest BCUT2D eigenvalue weighted by Gasteiger charge is -2.04. The van der Waals surface area contributed by atoms with Crippen molar-refractivity contribution < 1.29 is 19.5 Å². The quantitative estimate of drug-likeness (QED) is 0.383. The first-order valence-corrected chi connectivity index (χ1v) is 10.6. The molecule has 0 atom stereocenters. The Morgan fingerprint density at radius 1 is 1.30 bits per heavy atom. The Labute approximate surface area is 177 Å². The third-order valence-corrected chi connectivity index (χ3v) is 5.37. The SMILES string of the molecule is CC(C)CC(=O)c1csc(NC(=O)c2ccc3[nH]c(C(=O)O)c(CCCN)c3c2)n1. The van der Waals surface area contributed by atoms with Gasteiger partial charge in [-0.1, -0.05) is 13.8 Å². The minimum atomic E-state index is -1.05. The molecule has 2 aromatic heterocycles. The number of rotatable bonds is 9. The highest BCUT2D eigenvalue weighted by Gasteiger charge is 2.19. The van der Waals surface area contributed by atoms with Gasteiger partial charge in [0, 0.05) is 28.3 Å². The first-order chi connectivity index (χ1) is 14.3. The lowest BCUT2D eigenvalue weighted by atomic mass is 10.0. The van der Waals surface area contributed by atoms with Gasteiger partial charge in [0.2, 0.25) is 0 Å². The molecule has 0 spiro atoms. The van der Waals surface area contributed by atoms with Crippen molar-refractivity contribution in [1.29, 1.82) is 0 Å². The maximum atomic E-state index is 12.7. The number of aryl methyl sites for hydroxylation is 1. The molecule has 2 heterocycles. The van der Waals surface area contributed by atoms with Gasteiger partial charge in [-0.15, -0.1) is 11.3 Å². The Morgan fingerprint density at radius 2 is 2.07 bits per heavy atom. The molecule has 0 radical (unpaired) electrons. The number of nitrogens with one attached hydrogen (secondary N) is 2. The Kier molecular flexibility index (Phi) is 6.63. The number of aromatic carboxylic acids is 1. The fourth-order valence-electron chi connectivity index (χ4n) is 3.21. The predicted octanol–water partition coefficient (Wildman–Crippen LogP) is 3.70.